The smallest absolute Gasteiger partial charge is 0.336 e. The average molecular weight is 318 g/mol. The zero-order valence-corrected chi connectivity index (χ0v) is 12.7. The summed E-state index contributed by atoms with van der Waals surface area (Å²) in [6.45, 7) is 1.57. The molecule has 2 N–H and O–H groups in total. The predicted octanol–water partition coefficient (Wildman–Crippen LogP) is 1.47. The van der Waals surface area contributed by atoms with Crippen LogP contribution in [0.25, 0.3) is 0 Å². The number of carbonyl (C=O) groups excluding carboxylic acids is 2. The van der Waals surface area contributed by atoms with Gasteiger partial charge in [0.1, 0.15) is 0 Å². The van der Waals surface area contributed by atoms with Crippen LogP contribution in [0.5, 0.6) is 0 Å². The highest BCUT2D eigenvalue weighted by Crippen LogP contribution is 2.24. The zero-order chi connectivity index (χ0) is 15.1. The summed E-state index contributed by atoms with van der Waals surface area (Å²) in [5.41, 5.74) is 0. The standard InChI is InChI=1S/C13H16ClNO4S/c1-8(20-10-5-3-9(14)4-6-10)12(17)15-7-11(16)13(18)19-2/h3-6,8,11,16H,7H2,1-2H3,(H,15,17). The molecular weight excluding hydrogens is 302 g/mol. The van der Waals surface area contributed by atoms with Crippen molar-refractivity contribution < 1.29 is 19.4 Å². The van der Waals surface area contributed by atoms with Crippen molar-refractivity contribution in [3.05, 3.63) is 29.3 Å². The van der Waals surface area contributed by atoms with E-state index in [0.717, 1.165) is 4.90 Å². The maximum absolute atomic E-state index is 11.8. The van der Waals surface area contributed by atoms with E-state index in [1.165, 1.54) is 18.9 Å². The molecule has 5 nitrogen and oxygen atoms in total. The second-order valence-corrected chi connectivity index (χ2v) is 5.85. The Bertz CT molecular complexity index is 466. The Balaban J connectivity index is 2.43. The van der Waals surface area contributed by atoms with Crippen molar-refractivity contribution >= 4 is 35.2 Å². The lowest BCUT2D eigenvalue weighted by atomic mass is 10.3. The maximum Gasteiger partial charge on any atom is 0.336 e. The quantitative estimate of drug-likeness (QED) is 0.614. The lowest BCUT2D eigenvalue weighted by Crippen LogP contribution is -2.40. The van der Waals surface area contributed by atoms with Gasteiger partial charge in [-0.2, -0.15) is 0 Å². The number of esters is 1. The molecule has 0 fully saturated rings. The number of methoxy groups -OCH3 is 1. The number of ether oxygens (including phenoxy) is 1. The third kappa shape index (κ3) is 5.40. The summed E-state index contributed by atoms with van der Waals surface area (Å²) in [5.74, 6) is -1.05. The van der Waals surface area contributed by atoms with E-state index in [2.05, 4.69) is 10.1 Å². The number of aliphatic hydroxyl groups excluding tert-OH is 1. The van der Waals surface area contributed by atoms with E-state index in [9.17, 15) is 14.7 Å². The highest BCUT2D eigenvalue weighted by Gasteiger charge is 2.19. The number of nitrogens with one attached hydrogen (secondary N) is 1. The van der Waals surface area contributed by atoms with Gasteiger partial charge >= 0.3 is 5.97 Å². The average Bonchev–Trinajstić information content (AvgIpc) is 2.45. The van der Waals surface area contributed by atoms with Gasteiger partial charge in [-0.3, -0.25) is 4.79 Å². The zero-order valence-electron chi connectivity index (χ0n) is 11.1. The molecule has 0 saturated carbocycles. The summed E-state index contributed by atoms with van der Waals surface area (Å²) in [5, 5.41) is 12.1. The first-order valence-electron chi connectivity index (χ1n) is 5.90. The SMILES string of the molecule is COC(=O)C(O)CNC(=O)C(C)Sc1ccc(Cl)cc1. The van der Waals surface area contributed by atoms with Crippen LogP contribution < -0.4 is 5.32 Å². The molecule has 0 radical (unpaired) electrons. The van der Waals surface area contributed by atoms with E-state index in [4.69, 9.17) is 11.6 Å². The Morgan fingerprint density at radius 3 is 2.55 bits per heavy atom. The molecule has 2 unspecified atom stereocenters. The minimum Gasteiger partial charge on any atom is -0.467 e. The number of benzene rings is 1. The fraction of sp³-hybridized carbons (Fsp3) is 0.385. The Morgan fingerprint density at radius 2 is 2.00 bits per heavy atom. The molecule has 2 atom stereocenters. The van der Waals surface area contributed by atoms with E-state index >= 15 is 0 Å². The van der Waals surface area contributed by atoms with Gasteiger partial charge in [0.15, 0.2) is 6.10 Å². The first kappa shape index (κ1) is 16.8. The molecule has 0 saturated heterocycles. The van der Waals surface area contributed by atoms with Crippen molar-refractivity contribution in [3.63, 3.8) is 0 Å². The lowest BCUT2D eigenvalue weighted by molar-refractivity contribution is -0.150. The van der Waals surface area contributed by atoms with Crippen LogP contribution in [-0.2, 0) is 14.3 Å². The van der Waals surface area contributed by atoms with Gasteiger partial charge in [0.2, 0.25) is 5.91 Å². The van der Waals surface area contributed by atoms with Gasteiger partial charge in [-0.05, 0) is 31.2 Å². The summed E-state index contributed by atoms with van der Waals surface area (Å²) in [4.78, 5) is 23.7. The van der Waals surface area contributed by atoms with Gasteiger partial charge in [-0.15, -0.1) is 11.8 Å². The number of rotatable bonds is 6. The second kappa shape index (κ2) is 8.14. The molecule has 110 valence electrons. The Hall–Kier alpha value is -1.24. The molecule has 0 aromatic heterocycles. The van der Waals surface area contributed by atoms with Crippen molar-refractivity contribution in [1.82, 2.24) is 5.32 Å². The minimum absolute atomic E-state index is 0.170. The number of aliphatic hydroxyl groups is 1. The molecule has 1 rings (SSSR count). The van der Waals surface area contributed by atoms with Gasteiger partial charge in [0.25, 0.3) is 0 Å². The largest absolute Gasteiger partial charge is 0.467 e. The van der Waals surface area contributed by atoms with E-state index in [1.807, 2.05) is 12.1 Å². The van der Waals surface area contributed by atoms with Crippen LogP contribution >= 0.6 is 23.4 Å². The molecule has 1 amide bonds. The highest BCUT2D eigenvalue weighted by molar-refractivity contribution is 8.00. The molecule has 0 heterocycles. The number of hydrogen-bond acceptors (Lipinski definition) is 5. The molecule has 0 aliphatic heterocycles. The normalized spacial score (nSPS) is 13.4. The van der Waals surface area contributed by atoms with Gasteiger partial charge < -0.3 is 15.2 Å². The Morgan fingerprint density at radius 1 is 1.40 bits per heavy atom. The molecule has 0 aliphatic carbocycles. The van der Waals surface area contributed by atoms with Crippen LogP contribution in [-0.4, -0.2) is 42.0 Å². The first-order valence-corrected chi connectivity index (χ1v) is 7.15. The van der Waals surface area contributed by atoms with Crippen LogP contribution in [0.2, 0.25) is 5.02 Å². The maximum atomic E-state index is 11.8. The Labute approximate surface area is 126 Å². The van der Waals surface area contributed by atoms with Crippen molar-refractivity contribution in [2.24, 2.45) is 0 Å². The number of amides is 1. The van der Waals surface area contributed by atoms with Crippen molar-refractivity contribution in [2.45, 2.75) is 23.2 Å². The molecule has 1 aromatic carbocycles. The molecule has 1 aromatic rings. The number of halogens is 1. The topological polar surface area (TPSA) is 75.6 Å². The summed E-state index contributed by atoms with van der Waals surface area (Å²) in [6.07, 6.45) is -1.35. The van der Waals surface area contributed by atoms with Gasteiger partial charge in [-0.1, -0.05) is 11.6 Å². The Kier molecular flexibility index (Phi) is 6.84. The molecular formula is C13H16ClNO4S. The van der Waals surface area contributed by atoms with Crippen molar-refractivity contribution in [1.29, 1.82) is 0 Å². The summed E-state index contributed by atoms with van der Waals surface area (Å²) in [6, 6.07) is 7.13. The fourth-order valence-electron chi connectivity index (χ4n) is 1.33. The van der Waals surface area contributed by atoms with Crippen molar-refractivity contribution in [3.8, 4) is 0 Å². The van der Waals surface area contributed by atoms with E-state index in [-0.39, 0.29) is 17.7 Å². The predicted molar refractivity (Wildman–Crippen MR) is 77.8 cm³/mol. The van der Waals surface area contributed by atoms with Gasteiger partial charge in [0, 0.05) is 9.92 Å². The molecule has 0 aliphatic rings. The van der Waals surface area contributed by atoms with Crippen LogP contribution in [0.3, 0.4) is 0 Å². The van der Waals surface area contributed by atoms with E-state index < -0.39 is 12.1 Å². The van der Waals surface area contributed by atoms with Crippen LogP contribution in [0, 0.1) is 0 Å². The molecule has 20 heavy (non-hydrogen) atoms. The van der Waals surface area contributed by atoms with Gasteiger partial charge in [-0.25, -0.2) is 4.79 Å². The number of thioether (sulfide) groups is 1. The van der Waals surface area contributed by atoms with E-state index in [0.29, 0.717) is 5.02 Å². The summed E-state index contributed by atoms with van der Waals surface area (Å²) in [7, 11) is 1.17. The fourth-order valence-corrected chi connectivity index (χ4v) is 2.35. The van der Waals surface area contributed by atoms with Crippen LogP contribution in [0.15, 0.2) is 29.2 Å². The summed E-state index contributed by atoms with van der Waals surface area (Å²) >= 11 is 7.14. The molecule has 7 heteroatoms. The first-order chi connectivity index (χ1) is 9.43. The molecule has 0 bridgehead atoms. The third-order valence-electron chi connectivity index (χ3n) is 2.44. The lowest BCUT2D eigenvalue weighted by Gasteiger charge is -2.14. The van der Waals surface area contributed by atoms with Crippen LogP contribution in [0.4, 0.5) is 0 Å². The van der Waals surface area contributed by atoms with E-state index in [1.54, 1.807) is 19.1 Å². The summed E-state index contributed by atoms with van der Waals surface area (Å²) < 4.78 is 4.35. The second-order valence-electron chi connectivity index (χ2n) is 4.00. The highest BCUT2D eigenvalue weighted by atomic mass is 35.5. The number of carbonyl (C=O) groups is 2. The monoisotopic (exact) mass is 317 g/mol. The molecule has 0 spiro atoms. The number of hydrogen-bond donors (Lipinski definition) is 2. The van der Waals surface area contributed by atoms with Crippen LogP contribution in [0.1, 0.15) is 6.92 Å². The van der Waals surface area contributed by atoms with Gasteiger partial charge in [0.05, 0.1) is 18.9 Å². The van der Waals surface area contributed by atoms with Crippen molar-refractivity contribution in [2.75, 3.05) is 13.7 Å². The minimum atomic E-state index is -1.35. The third-order valence-corrected chi connectivity index (χ3v) is 3.80.